The first-order valence-electron chi connectivity index (χ1n) is 7.43. The molecule has 142 valence electrons. The molecule has 0 fully saturated rings. The van der Waals surface area contributed by atoms with Gasteiger partial charge in [0, 0.05) is 5.56 Å². The van der Waals surface area contributed by atoms with E-state index in [9.17, 15) is 24.5 Å². The van der Waals surface area contributed by atoms with Crippen LogP contribution in [0.1, 0.15) is 11.3 Å². The van der Waals surface area contributed by atoms with E-state index >= 15 is 0 Å². The number of aromatic nitrogens is 2. The van der Waals surface area contributed by atoms with Gasteiger partial charge in [0.15, 0.2) is 18.1 Å². The third kappa shape index (κ3) is 4.60. The van der Waals surface area contributed by atoms with Gasteiger partial charge in [0.2, 0.25) is 0 Å². The number of nitrogens with one attached hydrogen (secondary N) is 2. The van der Waals surface area contributed by atoms with Gasteiger partial charge in [-0.2, -0.15) is 0 Å². The van der Waals surface area contributed by atoms with Crippen molar-refractivity contribution in [1.82, 2.24) is 9.97 Å². The molecule has 27 heavy (non-hydrogen) atoms. The van der Waals surface area contributed by atoms with Crippen molar-refractivity contribution in [2.24, 2.45) is 0 Å². The number of esters is 1. The summed E-state index contributed by atoms with van der Waals surface area (Å²) in [7, 11) is 2.60. The zero-order valence-corrected chi connectivity index (χ0v) is 14.3. The summed E-state index contributed by atoms with van der Waals surface area (Å²) in [5.41, 5.74) is -2.75. The minimum atomic E-state index is -1.13. The summed E-state index contributed by atoms with van der Waals surface area (Å²) in [4.78, 5) is 48.5. The van der Waals surface area contributed by atoms with E-state index in [2.05, 4.69) is 9.72 Å². The highest BCUT2D eigenvalue weighted by atomic mass is 16.6. The second kappa shape index (κ2) is 8.47. The van der Waals surface area contributed by atoms with Gasteiger partial charge in [-0.25, -0.2) is 9.59 Å². The van der Waals surface area contributed by atoms with E-state index in [1.165, 1.54) is 26.4 Å². The van der Waals surface area contributed by atoms with Crippen LogP contribution in [-0.4, -0.2) is 41.7 Å². The zero-order chi connectivity index (χ0) is 20.0. The maximum absolute atomic E-state index is 11.6. The molecular weight excluding hydrogens is 362 g/mol. The van der Waals surface area contributed by atoms with Crippen molar-refractivity contribution in [2.75, 3.05) is 20.8 Å². The number of benzene rings is 1. The predicted molar refractivity (Wildman–Crippen MR) is 93.8 cm³/mol. The van der Waals surface area contributed by atoms with Gasteiger partial charge in [-0.05, 0) is 18.2 Å². The Hall–Kier alpha value is -3.89. The lowest BCUT2D eigenvalue weighted by atomic mass is 10.1. The fourth-order valence-electron chi connectivity index (χ4n) is 2.14. The molecule has 0 saturated heterocycles. The molecule has 0 bridgehead atoms. The van der Waals surface area contributed by atoms with Gasteiger partial charge < -0.3 is 19.2 Å². The number of hydrogen-bond donors (Lipinski definition) is 2. The second-order valence-corrected chi connectivity index (χ2v) is 5.00. The normalized spacial score (nSPS) is 10.6. The van der Waals surface area contributed by atoms with Crippen LogP contribution in [0.5, 0.6) is 11.5 Å². The van der Waals surface area contributed by atoms with Crippen molar-refractivity contribution in [3.63, 3.8) is 0 Å². The van der Waals surface area contributed by atoms with Crippen molar-refractivity contribution in [3.8, 4) is 11.5 Å². The molecule has 0 aliphatic carbocycles. The number of H-pyrrole nitrogens is 2. The van der Waals surface area contributed by atoms with Crippen molar-refractivity contribution in [3.05, 3.63) is 60.4 Å². The third-order valence-electron chi connectivity index (χ3n) is 3.35. The Morgan fingerprint density at radius 3 is 2.59 bits per heavy atom. The van der Waals surface area contributed by atoms with E-state index < -0.39 is 27.8 Å². The molecule has 2 N–H and O–H groups in total. The van der Waals surface area contributed by atoms with Gasteiger partial charge in [-0.3, -0.25) is 19.9 Å². The van der Waals surface area contributed by atoms with Gasteiger partial charge in [-0.1, -0.05) is 12.1 Å². The smallest absolute Gasteiger partial charge is 0.357 e. The molecule has 0 unspecified atom stereocenters. The first kappa shape index (κ1) is 19.4. The summed E-state index contributed by atoms with van der Waals surface area (Å²) < 4.78 is 15.1. The van der Waals surface area contributed by atoms with Gasteiger partial charge in [0.1, 0.15) is 5.69 Å². The number of carbonyl (C=O) groups is 1. The lowest BCUT2D eigenvalue weighted by Crippen LogP contribution is -2.25. The standard InChI is InChI=1S/C16H15N3O8/c1-25-11-5-3-4-9(14(11)27-8-12(20)26-2)6-7-10-13(19(23)24)15(21)18-16(22)17-10/h3-7H,8H2,1-2H3,(H2,17,18,21,22). The number of para-hydroxylation sites is 1. The molecule has 2 aromatic rings. The van der Waals surface area contributed by atoms with Gasteiger partial charge in [0.25, 0.3) is 0 Å². The summed E-state index contributed by atoms with van der Waals surface area (Å²) in [5.74, 6) is -0.142. The number of hydrogen-bond acceptors (Lipinski definition) is 8. The minimum Gasteiger partial charge on any atom is -0.493 e. The Labute approximate surface area is 151 Å². The number of nitrogens with zero attached hydrogens (tertiary/aromatic N) is 1. The van der Waals surface area contributed by atoms with Gasteiger partial charge in [-0.15, -0.1) is 0 Å². The number of methoxy groups -OCH3 is 2. The van der Waals surface area contributed by atoms with Gasteiger partial charge in [0.05, 0.1) is 19.1 Å². The molecule has 0 saturated carbocycles. The predicted octanol–water partition coefficient (Wildman–Crippen LogP) is 0.702. The molecule has 11 nitrogen and oxygen atoms in total. The van der Waals surface area contributed by atoms with E-state index in [4.69, 9.17) is 9.47 Å². The summed E-state index contributed by atoms with van der Waals surface area (Å²) in [6, 6.07) is 4.79. The molecule has 1 aromatic carbocycles. The highest BCUT2D eigenvalue weighted by Gasteiger charge is 2.19. The van der Waals surface area contributed by atoms with Crippen LogP contribution in [0.4, 0.5) is 5.69 Å². The van der Waals surface area contributed by atoms with Crippen molar-refractivity contribution >= 4 is 23.8 Å². The second-order valence-electron chi connectivity index (χ2n) is 5.00. The van der Waals surface area contributed by atoms with Gasteiger partial charge >= 0.3 is 22.9 Å². The Bertz CT molecular complexity index is 1010. The number of ether oxygens (including phenoxy) is 3. The lowest BCUT2D eigenvalue weighted by molar-refractivity contribution is -0.386. The number of carbonyl (C=O) groups excluding carboxylic acids is 1. The van der Waals surface area contributed by atoms with Crippen LogP contribution in [0.3, 0.4) is 0 Å². The van der Waals surface area contributed by atoms with Crippen LogP contribution in [0, 0.1) is 10.1 Å². The zero-order valence-electron chi connectivity index (χ0n) is 14.3. The fourth-order valence-corrected chi connectivity index (χ4v) is 2.14. The lowest BCUT2D eigenvalue weighted by Gasteiger charge is -2.12. The van der Waals surface area contributed by atoms with E-state index in [-0.39, 0.29) is 18.1 Å². The monoisotopic (exact) mass is 377 g/mol. The first-order valence-corrected chi connectivity index (χ1v) is 7.43. The van der Waals surface area contributed by atoms with E-state index in [1.807, 2.05) is 0 Å². The molecule has 0 radical (unpaired) electrons. The molecule has 1 heterocycles. The maximum atomic E-state index is 11.6. The molecule has 0 atom stereocenters. The van der Waals surface area contributed by atoms with Crippen LogP contribution < -0.4 is 20.7 Å². The Balaban J connectivity index is 2.49. The highest BCUT2D eigenvalue weighted by molar-refractivity contribution is 5.76. The van der Waals surface area contributed by atoms with Crippen LogP contribution in [0.2, 0.25) is 0 Å². The summed E-state index contributed by atoms with van der Waals surface area (Å²) in [6.45, 7) is -0.389. The molecule has 0 aliphatic rings. The van der Waals surface area contributed by atoms with Crippen molar-refractivity contribution in [2.45, 2.75) is 0 Å². The molecule has 0 spiro atoms. The summed E-state index contributed by atoms with van der Waals surface area (Å²) in [6.07, 6.45) is 2.54. The first-order chi connectivity index (χ1) is 12.9. The van der Waals surface area contributed by atoms with E-state index in [0.29, 0.717) is 11.3 Å². The third-order valence-corrected chi connectivity index (χ3v) is 3.35. The highest BCUT2D eigenvalue weighted by Crippen LogP contribution is 2.32. The van der Waals surface area contributed by atoms with Crippen molar-refractivity contribution < 1.29 is 23.9 Å². The average molecular weight is 377 g/mol. The largest absolute Gasteiger partial charge is 0.493 e. The number of aromatic amines is 2. The number of rotatable bonds is 7. The summed E-state index contributed by atoms with van der Waals surface area (Å²) >= 11 is 0. The van der Waals surface area contributed by atoms with Crippen LogP contribution >= 0.6 is 0 Å². The Morgan fingerprint density at radius 2 is 1.96 bits per heavy atom. The van der Waals surface area contributed by atoms with E-state index in [0.717, 1.165) is 0 Å². The Kier molecular flexibility index (Phi) is 6.10. The van der Waals surface area contributed by atoms with E-state index in [1.54, 1.807) is 23.2 Å². The fraction of sp³-hybridized carbons (Fsp3) is 0.188. The topological polar surface area (TPSA) is 154 Å². The Morgan fingerprint density at radius 1 is 1.22 bits per heavy atom. The molecular formula is C16H15N3O8. The van der Waals surface area contributed by atoms with Crippen LogP contribution in [0.25, 0.3) is 12.2 Å². The molecule has 0 amide bonds. The number of nitro groups is 1. The van der Waals surface area contributed by atoms with Crippen LogP contribution in [-0.2, 0) is 9.53 Å². The maximum Gasteiger partial charge on any atom is 0.357 e. The average Bonchev–Trinajstić information content (AvgIpc) is 2.63. The summed E-state index contributed by atoms with van der Waals surface area (Å²) in [5, 5.41) is 11.1. The molecule has 2 rings (SSSR count). The van der Waals surface area contributed by atoms with Crippen LogP contribution in [0.15, 0.2) is 27.8 Å². The molecule has 0 aliphatic heterocycles. The van der Waals surface area contributed by atoms with Crippen molar-refractivity contribution in [1.29, 1.82) is 0 Å². The minimum absolute atomic E-state index is 0.177. The molecule has 11 heteroatoms. The SMILES string of the molecule is COC(=O)COc1c(C=Cc2[nH]c(=O)[nH]c(=O)c2[N+](=O)[O-])cccc1OC. The quantitative estimate of drug-likeness (QED) is 0.406. The molecule has 1 aromatic heterocycles.